The molecule has 35 heavy (non-hydrogen) atoms. The molecule has 0 N–H and O–H groups in total. The van der Waals surface area contributed by atoms with Gasteiger partial charge in [0.05, 0.1) is 15.2 Å². The van der Waals surface area contributed by atoms with Crippen molar-refractivity contribution in [1.82, 2.24) is 14.2 Å². The van der Waals surface area contributed by atoms with Gasteiger partial charge in [0, 0.05) is 32.1 Å². The zero-order chi connectivity index (χ0) is 25.2. The Morgan fingerprint density at radius 1 is 1.17 bits per heavy atom. The number of carbonyl (C=O) groups is 1. The highest BCUT2D eigenvalue weighted by Crippen LogP contribution is 2.37. The first-order valence-corrected chi connectivity index (χ1v) is 15.4. The number of nitrogens with zero attached hydrogens (tertiary/aromatic N) is 4. The first kappa shape index (κ1) is 26.5. The lowest BCUT2D eigenvalue weighted by atomic mass is 9.96. The monoisotopic (exact) mass is 554 g/mol. The predicted molar refractivity (Wildman–Crippen MR) is 145 cm³/mol. The topological polar surface area (TPSA) is 73.8 Å². The number of aryl methyl sites for hydroxylation is 1. The van der Waals surface area contributed by atoms with E-state index in [9.17, 15) is 13.2 Å². The number of likely N-dealkylation sites (N-methyl/N-ethyl adjacent to an activating group) is 1. The Hall–Kier alpha value is -1.56. The third-order valence-electron chi connectivity index (χ3n) is 6.61. The maximum absolute atomic E-state index is 13.8. The molecule has 0 aliphatic carbocycles. The van der Waals surface area contributed by atoms with Crippen molar-refractivity contribution in [2.45, 2.75) is 37.8 Å². The minimum Gasteiger partial charge on any atom is -0.302 e. The number of hydrogen-bond donors (Lipinski definition) is 0. The largest absolute Gasteiger partial charge is 0.302 e. The molecule has 1 amide bonds. The van der Waals surface area contributed by atoms with Gasteiger partial charge in [-0.3, -0.25) is 9.69 Å². The number of aromatic nitrogens is 1. The second-order valence-corrected chi connectivity index (χ2v) is 13.2. The quantitative estimate of drug-likeness (QED) is 0.368. The molecule has 0 bridgehead atoms. The van der Waals surface area contributed by atoms with Crippen LogP contribution in [0.1, 0.15) is 32.3 Å². The summed E-state index contributed by atoms with van der Waals surface area (Å²) in [5.74, 6) is -0.233. The number of fused-ring (bicyclic) bond motifs is 1. The third-order valence-corrected chi connectivity index (χ3v) is 11.4. The van der Waals surface area contributed by atoms with Crippen molar-refractivity contribution >= 4 is 65.6 Å². The predicted octanol–water partition coefficient (Wildman–Crippen LogP) is 5.10. The van der Waals surface area contributed by atoms with Gasteiger partial charge in [0.15, 0.2) is 5.13 Å². The van der Waals surface area contributed by atoms with Gasteiger partial charge in [0.2, 0.25) is 5.91 Å². The van der Waals surface area contributed by atoms with Gasteiger partial charge in [-0.1, -0.05) is 48.9 Å². The summed E-state index contributed by atoms with van der Waals surface area (Å²) < 4.78 is 28.5. The molecule has 7 nitrogen and oxygen atoms in total. The number of sulfonamides is 1. The number of halogens is 1. The van der Waals surface area contributed by atoms with Crippen molar-refractivity contribution in [1.29, 1.82) is 0 Å². The van der Waals surface area contributed by atoms with Crippen molar-refractivity contribution in [3.8, 4) is 0 Å². The van der Waals surface area contributed by atoms with E-state index in [1.54, 1.807) is 22.4 Å². The molecule has 0 radical (unpaired) electrons. The van der Waals surface area contributed by atoms with E-state index in [1.807, 2.05) is 19.1 Å². The zero-order valence-corrected chi connectivity index (χ0v) is 23.4. The van der Waals surface area contributed by atoms with Crippen molar-refractivity contribution in [3.63, 3.8) is 0 Å². The summed E-state index contributed by atoms with van der Waals surface area (Å²) in [6, 6.07) is 7.19. The van der Waals surface area contributed by atoms with Gasteiger partial charge in [-0.2, -0.15) is 4.31 Å². The zero-order valence-electron chi connectivity index (χ0n) is 20.2. The van der Waals surface area contributed by atoms with Crippen LogP contribution in [0.3, 0.4) is 0 Å². The van der Waals surface area contributed by atoms with Crippen molar-refractivity contribution in [3.05, 3.63) is 40.2 Å². The molecule has 11 heteroatoms. The van der Waals surface area contributed by atoms with Crippen LogP contribution in [-0.4, -0.2) is 67.8 Å². The number of anilines is 1. The van der Waals surface area contributed by atoms with E-state index in [-0.39, 0.29) is 11.8 Å². The van der Waals surface area contributed by atoms with Gasteiger partial charge in [-0.15, -0.1) is 11.3 Å². The lowest BCUT2D eigenvalue weighted by Crippen LogP contribution is -2.46. The summed E-state index contributed by atoms with van der Waals surface area (Å²) in [6.45, 7) is 9.98. The van der Waals surface area contributed by atoms with Crippen LogP contribution in [0.2, 0.25) is 5.02 Å². The van der Waals surface area contributed by atoms with Crippen LogP contribution in [0.4, 0.5) is 5.13 Å². The Morgan fingerprint density at radius 2 is 1.89 bits per heavy atom. The van der Waals surface area contributed by atoms with Gasteiger partial charge in [-0.05, 0) is 55.9 Å². The van der Waals surface area contributed by atoms with Gasteiger partial charge in [-0.25, -0.2) is 13.4 Å². The second kappa shape index (κ2) is 11.2. The molecule has 1 saturated heterocycles. The van der Waals surface area contributed by atoms with E-state index in [4.69, 9.17) is 16.6 Å². The molecule has 3 aromatic rings. The van der Waals surface area contributed by atoms with E-state index in [0.717, 1.165) is 35.4 Å². The van der Waals surface area contributed by atoms with Crippen LogP contribution in [0, 0.1) is 12.8 Å². The summed E-state index contributed by atoms with van der Waals surface area (Å²) in [7, 11) is -3.50. The van der Waals surface area contributed by atoms with Crippen LogP contribution in [0.5, 0.6) is 0 Å². The molecular formula is C24H31ClN4O3S3. The smallest absolute Gasteiger partial charge is 0.252 e. The van der Waals surface area contributed by atoms with Crippen molar-refractivity contribution in [2.75, 3.05) is 44.2 Å². The fourth-order valence-electron chi connectivity index (χ4n) is 4.39. The van der Waals surface area contributed by atoms with Crippen LogP contribution >= 0.6 is 34.3 Å². The van der Waals surface area contributed by atoms with Gasteiger partial charge in [0.25, 0.3) is 10.0 Å². The lowest BCUT2D eigenvalue weighted by Gasteiger charge is -2.33. The molecule has 1 aliphatic rings. The average molecular weight is 555 g/mol. The fourth-order valence-corrected chi connectivity index (χ4v) is 8.35. The number of thiophene rings is 1. The highest BCUT2D eigenvalue weighted by Gasteiger charge is 2.35. The molecule has 2 aromatic heterocycles. The second-order valence-electron chi connectivity index (χ2n) is 8.67. The number of thiazole rings is 1. The number of hydrogen-bond acceptors (Lipinski definition) is 7. The minimum absolute atomic E-state index is 0.0122. The Morgan fingerprint density at radius 3 is 2.49 bits per heavy atom. The number of amides is 1. The SMILES string of the molecule is CCN(CC)CCN(C(=O)C1CCN(S(=O)(=O)c2cccs2)CC1)c1nc2c(C)ccc(Cl)c2s1. The summed E-state index contributed by atoms with van der Waals surface area (Å²) in [4.78, 5) is 22.7. The average Bonchev–Trinajstić information content (AvgIpc) is 3.56. The van der Waals surface area contributed by atoms with Crippen LogP contribution in [0.25, 0.3) is 10.2 Å². The Labute approximate surface area is 220 Å². The molecule has 0 atom stereocenters. The standard InChI is InChI=1S/C24H31ClN4O3S3/c1-4-27(5-2)14-15-29(24-26-21-17(3)8-9-19(25)22(21)34-24)23(30)18-10-12-28(13-11-18)35(31,32)20-7-6-16-33-20/h6-9,16,18H,4-5,10-15H2,1-3H3. The minimum atomic E-state index is -3.50. The number of benzene rings is 1. The molecule has 1 aromatic carbocycles. The molecule has 4 rings (SSSR count). The fraction of sp³-hybridized carbons (Fsp3) is 0.500. The molecule has 190 valence electrons. The Bertz CT molecular complexity index is 1230. The summed E-state index contributed by atoms with van der Waals surface area (Å²) >= 11 is 9.12. The highest BCUT2D eigenvalue weighted by molar-refractivity contribution is 7.91. The molecule has 0 unspecified atom stereocenters. The Balaban J connectivity index is 1.55. The van der Waals surface area contributed by atoms with Crippen molar-refractivity contribution in [2.24, 2.45) is 5.92 Å². The number of rotatable bonds is 9. The molecular weight excluding hydrogens is 524 g/mol. The Kier molecular flexibility index (Phi) is 8.50. The van der Waals surface area contributed by atoms with E-state index < -0.39 is 10.0 Å². The first-order valence-electron chi connectivity index (χ1n) is 11.9. The van der Waals surface area contributed by atoms with Crippen molar-refractivity contribution < 1.29 is 13.2 Å². The lowest BCUT2D eigenvalue weighted by molar-refractivity contribution is -0.123. The maximum Gasteiger partial charge on any atom is 0.252 e. The van der Waals surface area contributed by atoms with Gasteiger partial charge >= 0.3 is 0 Å². The third kappa shape index (κ3) is 5.57. The molecule has 0 saturated carbocycles. The van der Waals surface area contributed by atoms with E-state index in [2.05, 4.69) is 18.7 Å². The molecule has 1 fully saturated rings. The van der Waals surface area contributed by atoms with E-state index in [1.165, 1.54) is 27.0 Å². The molecule has 1 aliphatic heterocycles. The summed E-state index contributed by atoms with van der Waals surface area (Å²) in [5, 5.41) is 3.06. The maximum atomic E-state index is 13.8. The van der Waals surface area contributed by atoms with E-state index >= 15 is 0 Å². The highest BCUT2D eigenvalue weighted by atomic mass is 35.5. The van der Waals surface area contributed by atoms with Crippen LogP contribution in [-0.2, 0) is 14.8 Å². The van der Waals surface area contributed by atoms with Crippen LogP contribution < -0.4 is 4.90 Å². The van der Waals surface area contributed by atoms with Gasteiger partial charge < -0.3 is 4.90 Å². The van der Waals surface area contributed by atoms with Gasteiger partial charge in [0.1, 0.15) is 4.21 Å². The molecule has 0 spiro atoms. The van der Waals surface area contributed by atoms with Crippen LogP contribution in [0.15, 0.2) is 33.9 Å². The molecule has 3 heterocycles. The summed E-state index contributed by atoms with van der Waals surface area (Å²) in [6.07, 6.45) is 0.992. The number of piperidine rings is 1. The normalized spacial score (nSPS) is 15.8. The number of carbonyl (C=O) groups excluding carboxylic acids is 1. The first-order chi connectivity index (χ1) is 16.8. The van der Waals surface area contributed by atoms with E-state index in [0.29, 0.717) is 46.8 Å². The summed E-state index contributed by atoms with van der Waals surface area (Å²) in [5.41, 5.74) is 1.85.